The van der Waals surface area contributed by atoms with Crippen molar-refractivity contribution in [1.82, 2.24) is 9.80 Å². The average molecular weight is 647 g/mol. The molecule has 0 spiro atoms. The fraction of sp³-hybridized carbons (Fsp3) is 0.280. The summed E-state index contributed by atoms with van der Waals surface area (Å²) in [7, 11) is -10.6. The molecular weight excluding hydrogens is 625 g/mol. The van der Waals surface area contributed by atoms with Gasteiger partial charge < -0.3 is 8.92 Å². The Bertz CT molecular complexity index is 1710. The zero-order valence-corrected chi connectivity index (χ0v) is 23.7. The summed E-state index contributed by atoms with van der Waals surface area (Å²) >= 11 is 0. The number of fused-ring (bicyclic) bond motifs is 1. The number of carbonyl (C=O) groups is 4. The third kappa shape index (κ3) is 6.25. The Morgan fingerprint density at radius 1 is 0.907 bits per heavy atom. The van der Waals surface area contributed by atoms with Crippen LogP contribution in [0.2, 0.25) is 0 Å². The number of rotatable bonds is 10. The molecule has 0 unspecified atom stereocenters. The molecule has 0 radical (unpaired) electrons. The smallest absolute Gasteiger partial charge is 0.456 e. The number of carbonyl (C=O) groups excluding carboxylic acids is 4. The van der Waals surface area contributed by atoms with Crippen molar-refractivity contribution in [3.8, 4) is 0 Å². The van der Waals surface area contributed by atoms with Crippen molar-refractivity contribution < 1.29 is 62.3 Å². The molecule has 0 saturated carbocycles. The third-order valence-corrected chi connectivity index (χ3v) is 7.84. The lowest BCUT2D eigenvalue weighted by Gasteiger charge is -2.49. The van der Waals surface area contributed by atoms with Crippen molar-refractivity contribution >= 4 is 43.9 Å². The minimum atomic E-state index is -6.36. The van der Waals surface area contributed by atoms with E-state index >= 15 is 0 Å². The van der Waals surface area contributed by atoms with Crippen LogP contribution in [0.3, 0.4) is 0 Å². The van der Waals surface area contributed by atoms with Gasteiger partial charge in [-0.15, -0.1) is 0 Å². The molecule has 0 aromatic heterocycles. The zero-order valence-electron chi connectivity index (χ0n) is 22.1. The van der Waals surface area contributed by atoms with E-state index in [9.17, 15) is 49.2 Å². The van der Waals surface area contributed by atoms with Crippen LogP contribution >= 0.6 is 0 Å². The molecular formula is C25H21F3N2O11S2. The van der Waals surface area contributed by atoms with E-state index in [0.717, 1.165) is 0 Å². The van der Waals surface area contributed by atoms with Gasteiger partial charge in [-0.2, -0.15) is 30.0 Å². The van der Waals surface area contributed by atoms with E-state index < -0.39 is 86.2 Å². The highest BCUT2D eigenvalue weighted by Gasteiger charge is 2.59. The fourth-order valence-electron chi connectivity index (χ4n) is 4.36. The van der Waals surface area contributed by atoms with Crippen LogP contribution in [-0.4, -0.2) is 80.8 Å². The van der Waals surface area contributed by atoms with Crippen molar-refractivity contribution in [2.75, 3.05) is 12.9 Å². The Kier molecular flexibility index (Phi) is 8.40. The summed E-state index contributed by atoms with van der Waals surface area (Å²) in [5.74, 6) is -5.98. The van der Waals surface area contributed by atoms with Crippen LogP contribution in [0.25, 0.3) is 0 Å². The number of ether oxygens (including phenoxy) is 1. The molecule has 43 heavy (non-hydrogen) atoms. The van der Waals surface area contributed by atoms with E-state index in [1.807, 2.05) is 0 Å². The van der Waals surface area contributed by atoms with E-state index in [2.05, 4.69) is 4.18 Å². The molecule has 0 aliphatic carbocycles. The van der Waals surface area contributed by atoms with Crippen LogP contribution in [0.5, 0.6) is 0 Å². The number of hydrogen-bond acceptors (Lipinski definition) is 11. The second-order valence-corrected chi connectivity index (χ2v) is 12.4. The van der Waals surface area contributed by atoms with E-state index in [-0.39, 0.29) is 11.1 Å². The van der Waals surface area contributed by atoms with Gasteiger partial charge in [0.15, 0.2) is 5.70 Å². The molecule has 3 amide bonds. The predicted molar refractivity (Wildman–Crippen MR) is 137 cm³/mol. The van der Waals surface area contributed by atoms with Gasteiger partial charge in [-0.3, -0.25) is 28.4 Å². The zero-order chi connectivity index (χ0) is 31.9. The Morgan fingerprint density at radius 2 is 1.44 bits per heavy atom. The van der Waals surface area contributed by atoms with Crippen LogP contribution in [0.1, 0.15) is 33.2 Å². The predicted octanol–water partition coefficient (Wildman–Crippen LogP) is 1.68. The number of alkyl halides is 3. The van der Waals surface area contributed by atoms with Gasteiger partial charge in [0, 0.05) is 0 Å². The molecule has 1 fully saturated rings. The molecule has 2 atom stereocenters. The average Bonchev–Trinajstić information content (AvgIpc) is 3.16. The highest BCUT2D eigenvalue weighted by Crippen LogP contribution is 2.37. The van der Waals surface area contributed by atoms with Crippen molar-refractivity contribution in [2.24, 2.45) is 0 Å². The summed E-state index contributed by atoms with van der Waals surface area (Å²) in [5.41, 5.74) is -6.88. The molecule has 2 aliphatic heterocycles. The molecule has 2 aromatic carbocycles. The maximum atomic E-state index is 13.5. The van der Waals surface area contributed by atoms with Crippen molar-refractivity contribution in [3.05, 3.63) is 82.7 Å². The largest absolute Gasteiger partial charge is 0.534 e. The van der Waals surface area contributed by atoms with Gasteiger partial charge in [-0.25, -0.2) is 4.79 Å². The summed E-state index contributed by atoms with van der Waals surface area (Å²) in [6.45, 7) is -0.867. The lowest BCUT2D eigenvalue weighted by Crippen LogP contribution is -2.73. The Balaban J connectivity index is 1.77. The molecule has 13 nitrogen and oxygen atoms in total. The maximum absolute atomic E-state index is 13.5. The topological polar surface area (TPSA) is 171 Å². The van der Waals surface area contributed by atoms with Crippen molar-refractivity contribution in [1.29, 1.82) is 0 Å². The first-order valence-electron chi connectivity index (χ1n) is 12.0. The quantitative estimate of drug-likeness (QED) is 0.0700. The molecule has 2 aliphatic rings. The van der Waals surface area contributed by atoms with Gasteiger partial charge in [0.05, 0.1) is 30.0 Å². The fourth-order valence-corrected chi connectivity index (χ4v) is 5.25. The molecule has 4 rings (SSSR count). The third-order valence-electron chi connectivity index (χ3n) is 6.24. The number of benzene rings is 2. The molecule has 18 heteroatoms. The normalized spacial score (nSPS) is 19.5. The highest BCUT2D eigenvalue weighted by atomic mass is 32.2. The van der Waals surface area contributed by atoms with Crippen molar-refractivity contribution in [2.45, 2.75) is 31.1 Å². The van der Waals surface area contributed by atoms with Crippen LogP contribution < -0.4 is 0 Å². The summed E-state index contributed by atoms with van der Waals surface area (Å²) in [5, 5.41) is 0. The van der Waals surface area contributed by atoms with Crippen LogP contribution in [0, 0.1) is 0 Å². The van der Waals surface area contributed by atoms with E-state index in [0.29, 0.717) is 28.5 Å². The lowest BCUT2D eigenvalue weighted by atomic mass is 9.92. The molecule has 230 valence electrons. The number of likely N-dealkylation sites (tertiary alicyclic amines) is 1. The number of β-lactam (4-membered cyclic amide) rings is 1. The molecule has 0 N–H and O–H groups in total. The first kappa shape index (κ1) is 31.6. The van der Waals surface area contributed by atoms with Crippen molar-refractivity contribution in [3.63, 3.8) is 0 Å². The Hall–Kier alpha value is -4.29. The molecule has 2 heterocycles. The van der Waals surface area contributed by atoms with Gasteiger partial charge in [0.25, 0.3) is 27.8 Å². The van der Waals surface area contributed by atoms with Gasteiger partial charge in [-0.1, -0.05) is 42.5 Å². The molecule has 2 aromatic rings. The highest BCUT2D eigenvalue weighted by molar-refractivity contribution is 7.87. The second-order valence-electron chi connectivity index (χ2n) is 9.18. The van der Waals surface area contributed by atoms with Crippen LogP contribution in [0.15, 0.2) is 66.1 Å². The number of hydrogen-bond donors (Lipinski definition) is 0. The Labute approximate surface area is 242 Å². The number of halogens is 3. The second kappa shape index (κ2) is 11.4. The monoisotopic (exact) mass is 646 g/mol. The number of imide groups is 1. The summed E-state index contributed by atoms with van der Waals surface area (Å²) < 4.78 is 100. The lowest BCUT2D eigenvalue weighted by molar-refractivity contribution is -0.160. The van der Waals surface area contributed by atoms with Crippen LogP contribution in [-0.2, 0) is 49.5 Å². The summed E-state index contributed by atoms with van der Waals surface area (Å²) in [4.78, 5) is 53.8. The maximum Gasteiger partial charge on any atom is 0.534 e. The Morgan fingerprint density at radius 3 is 1.95 bits per heavy atom. The van der Waals surface area contributed by atoms with Gasteiger partial charge >= 0.3 is 21.6 Å². The standard InChI is InChI=1S/C25H21F3N2O11S2/c1-14(41-43(37,38)25(26,27)28)19(24(34)39-12-15-8-4-3-5-9-15)29-18(13-40-42(2,35)36)20(23(29)33)30-21(31)16-10-6-7-11-17(16)22(30)32/h3-11,18,20H,12-13H2,1-2H3/t18-,20+/m1/s1. The number of amides is 3. The van der Waals surface area contributed by atoms with E-state index in [1.54, 1.807) is 18.2 Å². The van der Waals surface area contributed by atoms with Gasteiger partial charge in [0.2, 0.25) is 0 Å². The van der Waals surface area contributed by atoms with Gasteiger partial charge in [-0.05, 0) is 24.6 Å². The molecule has 0 bridgehead atoms. The van der Waals surface area contributed by atoms with E-state index in [1.165, 1.54) is 36.4 Å². The van der Waals surface area contributed by atoms with Gasteiger partial charge in [0.1, 0.15) is 18.4 Å². The summed E-state index contributed by atoms with van der Waals surface area (Å²) in [6, 6.07) is 9.79. The number of nitrogens with zero attached hydrogens (tertiary/aromatic N) is 2. The van der Waals surface area contributed by atoms with Crippen LogP contribution in [0.4, 0.5) is 13.2 Å². The van der Waals surface area contributed by atoms with E-state index in [4.69, 9.17) is 8.92 Å². The minimum Gasteiger partial charge on any atom is -0.456 e. The minimum absolute atomic E-state index is 0.0876. The summed E-state index contributed by atoms with van der Waals surface area (Å²) in [6.07, 6.45) is 0.629. The number of esters is 1. The first-order valence-corrected chi connectivity index (χ1v) is 15.2. The SMILES string of the molecule is CC(OS(=O)(=O)C(F)(F)F)=C(C(=O)OCc1ccccc1)N1C(=O)[C@@H](N2C(=O)c3ccccc3C2=O)[C@H]1COS(C)(=O)=O. The first-order chi connectivity index (χ1) is 19.9. The molecule has 1 saturated heterocycles. The number of allylic oxidation sites excluding steroid dienone is 1.